The summed E-state index contributed by atoms with van der Waals surface area (Å²) in [5.41, 5.74) is 1.15. The van der Waals surface area contributed by atoms with Crippen LogP contribution in [0.2, 0.25) is 0 Å². The van der Waals surface area contributed by atoms with E-state index in [0.717, 1.165) is 29.7 Å². The molecular weight excluding hydrogens is 250 g/mol. The van der Waals surface area contributed by atoms with E-state index in [2.05, 4.69) is 47.3 Å². The van der Waals surface area contributed by atoms with Crippen molar-refractivity contribution < 1.29 is 0 Å². The number of halogens is 1. The predicted octanol–water partition coefficient (Wildman–Crippen LogP) is 4.13. The summed E-state index contributed by atoms with van der Waals surface area (Å²) in [6, 6.07) is 0. The van der Waals surface area contributed by atoms with Gasteiger partial charge in [0.15, 0.2) is 0 Å². The highest BCUT2D eigenvalue weighted by Crippen LogP contribution is 2.11. The first-order valence-electron chi connectivity index (χ1n) is 5.54. The van der Waals surface area contributed by atoms with Crippen LogP contribution in [-0.4, -0.2) is 24.5 Å². The summed E-state index contributed by atoms with van der Waals surface area (Å²) in [7, 11) is 0. The van der Waals surface area contributed by atoms with E-state index < -0.39 is 0 Å². The summed E-state index contributed by atoms with van der Waals surface area (Å²) in [6.07, 6.45) is 7.32. The van der Waals surface area contributed by atoms with Crippen LogP contribution in [0.25, 0.3) is 0 Å². The number of hydrogen-bond donors (Lipinski definition) is 0. The van der Waals surface area contributed by atoms with Crippen LogP contribution in [0.1, 0.15) is 27.2 Å². The van der Waals surface area contributed by atoms with E-state index in [-0.39, 0.29) is 0 Å². The van der Waals surface area contributed by atoms with Gasteiger partial charge < -0.3 is 0 Å². The second kappa shape index (κ2) is 8.93. The molecule has 0 radical (unpaired) electrons. The molecule has 0 spiro atoms. The maximum Gasteiger partial charge on any atom is 0.0228 e. The maximum atomic E-state index is 4.06. The molecule has 0 bridgehead atoms. The fourth-order valence-electron chi connectivity index (χ4n) is 1.40. The van der Waals surface area contributed by atoms with E-state index in [1.54, 1.807) is 0 Å². The number of nitrogens with zero attached hydrogens (tertiary/aromatic N) is 1. The molecule has 0 heterocycles. The van der Waals surface area contributed by atoms with Crippen molar-refractivity contribution in [1.29, 1.82) is 0 Å². The predicted molar refractivity (Wildman–Crippen MR) is 73.4 cm³/mol. The van der Waals surface area contributed by atoms with Gasteiger partial charge in [-0.15, -0.1) is 0 Å². The molecule has 0 N–H and O–H groups in total. The third-order valence-electron chi connectivity index (χ3n) is 2.08. The Hall–Kier alpha value is -0.340. The van der Waals surface area contributed by atoms with Crippen molar-refractivity contribution in [3.8, 4) is 0 Å². The molecule has 0 saturated carbocycles. The standard InChI is InChI=1S/C13H22BrN/c1-5-8-13(14)10-12(4)11-15(7-3)9-6-2/h5,8,10H,4,6-7,9,11H2,1-3H3/b8-5-,13-10+. The fraction of sp³-hybridized carbons (Fsp3) is 0.538. The molecule has 86 valence electrons. The van der Waals surface area contributed by atoms with Gasteiger partial charge in [0, 0.05) is 11.0 Å². The molecule has 0 saturated heterocycles. The second-order valence-corrected chi connectivity index (χ2v) is 4.47. The van der Waals surface area contributed by atoms with Gasteiger partial charge in [-0.2, -0.15) is 0 Å². The van der Waals surface area contributed by atoms with Gasteiger partial charge in [-0.25, -0.2) is 0 Å². The lowest BCUT2D eigenvalue weighted by molar-refractivity contribution is 0.315. The molecule has 0 rings (SSSR count). The highest BCUT2D eigenvalue weighted by molar-refractivity contribution is 9.11. The SMILES string of the molecule is C=C(/C=C(Br)\C=C/C)CN(CC)CCC. The van der Waals surface area contributed by atoms with Gasteiger partial charge in [0.05, 0.1) is 0 Å². The Morgan fingerprint density at radius 3 is 2.53 bits per heavy atom. The number of rotatable bonds is 7. The van der Waals surface area contributed by atoms with E-state index in [9.17, 15) is 0 Å². The van der Waals surface area contributed by atoms with Gasteiger partial charge in [-0.1, -0.05) is 48.5 Å². The van der Waals surface area contributed by atoms with Crippen molar-refractivity contribution in [3.63, 3.8) is 0 Å². The first-order chi connectivity index (χ1) is 7.13. The molecule has 0 amide bonds. The lowest BCUT2D eigenvalue weighted by atomic mass is 10.2. The Labute approximate surface area is 103 Å². The maximum absolute atomic E-state index is 4.06. The van der Waals surface area contributed by atoms with Crippen molar-refractivity contribution >= 4 is 15.9 Å². The molecule has 0 aromatic carbocycles. The minimum atomic E-state index is 0.955. The molecule has 0 aliphatic heterocycles. The van der Waals surface area contributed by atoms with Crippen LogP contribution in [0.15, 0.2) is 34.9 Å². The van der Waals surface area contributed by atoms with Crippen molar-refractivity contribution in [2.75, 3.05) is 19.6 Å². The quantitative estimate of drug-likeness (QED) is 0.630. The Morgan fingerprint density at radius 2 is 2.07 bits per heavy atom. The molecule has 0 aliphatic carbocycles. The molecule has 0 aromatic heterocycles. The molecule has 1 nitrogen and oxygen atoms in total. The van der Waals surface area contributed by atoms with Crippen molar-refractivity contribution in [1.82, 2.24) is 4.90 Å². The molecule has 2 heteroatoms. The molecule has 0 fully saturated rings. The number of allylic oxidation sites excluding steroid dienone is 3. The van der Waals surface area contributed by atoms with Crippen molar-refractivity contribution in [3.05, 3.63) is 34.9 Å². The zero-order valence-electron chi connectivity index (χ0n) is 10.1. The van der Waals surface area contributed by atoms with Gasteiger partial charge >= 0.3 is 0 Å². The minimum Gasteiger partial charge on any atom is -0.299 e. The van der Waals surface area contributed by atoms with Gasteiger partial charge in [0.25, 0.3) is 0 Å². The van der Waals surface area contributed by atoms with Crippen LogP contribution in [0, 0.1) is 0 Å². The van der Waals surface area contributed by atoms with Gasteiger partial charge in [-0.05, 0) is 38.1 Å². The molecule has 15 heavy (non-hydrogen) atoms. The third kappa shape index (κ3) is 7.57. The Morgan fingerprint density at radius 1 is 1.40 bits per heavy atom. The Balaban J connectivity index is 4.16. The van der Waals surface area contributed by atoms with Crippen LogP contribution < -0.4 is 0 Å². The second-order valence-electron chi connectivity index (χ2n) is 3.56. The normalized spacial score (nSPS) is 12.7. The van der Waals surface area contributed by atoms with E-state index in [0.29, 0.717) is 0 Å². The van der Waals surface area contributed by atoms with E-state index in [4.69, 9.17) is 0 Å². The van der Waals surface area contributed by atoms with Crippen LogP contribution in [0.5, 0.6) is 0 Å². The molecule has 0 aromatic rings. The monoisotopic (exact) mass is 271 g/mol. The van der Waals surface area contributed by atoms with Crippen molar-refractivity contribution in [2.45, 2.75) is 27.2 Å². The summed E-state index contributed by atoms with van der Waals surface area (Å²) in [5, 5.41) is 0. The first kappa shape index (κ1) is 14.7. The Bertz CT molecular complexity index is 241. The molecular formula is C13H22BrN. The lowest BCUT2D eigenvalue weighted by Crippen LogP contribution is -2.25. The number of hydrogen-bond acceptors (Lipinski definition) is 1. The average Bonchev–Trinajstić information content (AvgIpc) is 2.17. The zero-order chi connectivity index (χ0) is 11.7. The van der Waals surface area contributed by atoms with E-state index in [1.807, 2.05) is 19.1 Å². The number of likely N-dealkylation sites (N-methyl/N-ethyl adjacent to an activating group) is 1. The first-order valence-corrected chi connectivity index (χ1v) is 6.33. The largest absolute Gasteiger partial charge is 0.299 e. The Kier molecular flexibility index (Phi) is 8.73. The summed E-state index contributed by atoms with van der Waals surface area (Å²) in [4.78, 5) is 2.40. The van der Waals surface area contributed by atoms with Crippen LogP contribution in [0.3, 0.4) is 0 Å². The van der Waals surface area contributed by atoms with E-state index in [1.165, 1.54) is 6.42 Å². The summed E-state index contributed by atoms with van der Waals surface area (Å²) in [6.45, 7) is 13.6. The molecule has 0 aliphatic rings. The average molecular weight is 272 g/mol. The van der Waals surface area contributed by atoms with Crippen LogP contribution >= 0.6 is 15.9 Å². The topological polar surface area (TPSA) is 3.24 Å². The van der Waals surface area contributed by atoms with Crippen molar-refractivity contribution in [2.24, 2.45) is 0 Å². The summed E-state index contributed by atoms with van der Waals surface area (Å²) in [5.74, 6) is 0. The van der Waals surface area contributed by atoms with E-state index >= 15 is 0 Å². The van der Waals surface area contributed by atoms with Gasteiger partial charge in [0.1, 0.15) is 0 Å². The van der Waals surface area contributed by atoms with Gasteiger partial charge in [-0.3, -0.25) is 4.90 Å². The third-order valence-corrected chi connectivity index (χ3v) is 2.57. The highest BCUT2D eigenvalue weighted by atomic mass is 79.9. The zero-order valence-corrected chi connectivity index (χ0v) is 11.7. The minimum absolute atomic E-state index is 0.955. The summed E-state index contributed by atoms with van der Waals surface area (Å²) < 4.78 is 1.09. The fourth-order valence-corrected chi connectivity index (χ4v) is 1.99. The summed E-state index contributed by atoms with van der Waals surface area (Å²) >= 11 is 3.48. The lowest BCUT2D eigenvalue weighted by Gasteiger charge is -2.19. The molecule has 0 atom stereocenters. The highest BCUT2D eigenvalue weighted by Gasteiger charge is 2.01. The van der Waals surface area contributed by atoms with Gasteiger partial charge in [0.2, 0.25) is 0 Å². The van der Waals surface area contributed by atoms with Crippen LogP contribution in [0.4, 0.5) is 0 Å². The van der Waals surface area contributed by atoms with Crippen LogP contribution in [-0.2, 0) is 0 Å². The smallest absolute Gasteiger partial charge is 0.0228 e. The molecule has 0 unspecified atom stereocenters.